The zero-order chi connectivity index (χ0) is 13.7. The van der Waals surface area contributed by atoms with E-state index in [9.17, 15) is 9.59 Å². The zero-order valence-electron chi connectivity index (χ0n) is 11.1. The van der Waals surface area contributed by atoms with Crippen LogP contribution in [0.3, 0.4) is 0 Å². The molecule has 0 saturated carbocycles. The first-order chi connectivity index (χ1) is 9.18. The molecule has 1 fully saturated rings. The number of amides is 2. The molecule has 102 valence electrons. The summed E-state index contributed by atoms with van der Waals surface area (Å²) in [7, 11) is 0. The van der Waals surface area contributed by atoms with Crippen LogP contribution >= 0.6 is 0 Å². The first-order valence-electron chi connectivity index (χ1n) is 6.51. The lowest BCUT2D eigenvalue weighted by Gasteiger charge is -2.26. The molecule has 0 spiro atoms. The average molecular weight is 261 g/mol. The van der Waals surface area contributed by atoms with E-state index < -0.39 is 11.8 Å². The van der Waals surface area contributed by atoms with Crippen LogP contribution in [0.4, 0.5) is 0 Å². The molecule has 0 atom stereocenters. The van der Waals surface area contributed by atoms with E-state index in [1.807, 2.05) is 31.2 Å². The normalized spacial score (nSPS) is 15.1. The molecule has 1 heterocycles. The number of aryl methyl sites for hydroxylation is 1. The summed E-state index contributed by atoms with van der Waals surface area (Å²) in [6.45, 7) is 5.06. The second kappa shape index (κ2) is 6.33. The number of carbonyl (C=O) groups is 2. The van der Waals surface area contributed by atoms with Crippen LogP contribution in [-0.4, -0.2) is 42.9 Å². The van der Waals surface area contributed by atoms with Crippen molar-refractivity contribution in [2.45, 2.75) is 13.5 Å². The topological polar surface area (TPSA) is 61.4 Å². The van der Waals surface area contributed by atoms with Gasteiger partial charge in [-0.3, -0.25) is 9.59 Å². The Labute approximate surface area is 113 Å². The molecule has 1 saturated heterocycles. The summed E-state index contributed by atoms with van der Waals surface area (Å²) in [6, 6.07) is 7.81. The van der Waals surface area contributed by atoms with Gasteiger partial charge in [-0.25, -0.2) is 0 Å². The molecule has 5 heteroatoms. The summed E-state index contributed by atoms with van der Waals surface area (Å²) < 4.78 is 0. The number of rotatable bonds is 2. The first-order valence-corrected chi connectivity index (χ1v) is 6.51. The molecular formula is C14H19N3O2. The van der Waals surface area contributed by atoms with E-state index in [4.69, 9.17) is 0 Å². The van der Waals surface area contributed by atoms with Gasteiger partial charge in [0.1, 0.15) is 0 Å². The molecule has 0 aromatic heterocycles. The van der Waals surface area contributed by atoms with Crippen molar-refractivity contribution in [3.63, 3.8) is 0 Å². The maximum Gasteiger partial charge on any atom is 0.311 e. The number of hydrogen-bond donors (Lipinski definition) is 2. The van der Waals surface area contributed by atoms with Gasteiger partial charge in [0, 0.05) is 32.7 Å². The number of nitrogens with zero attached hydrogens (tertiary/aromatic N) is 1. The summed E-state index contributed by atoms with van der Waals surface area (Å²) in [5.41, 5.74) is 2.14. The van der Waals surface area contributed by atoms with Gasteiger partial charge in [0.25, 0.3) is 0 Å². The minimum absolute atomic E-state index is 0.392. The summed E-state index contributed by atoms with van der Waals surface area (Å²) >= 11 is 0. The predicted molar refractivity (Wildman–Crippen MR) is 72.5 cm³/mol. The maximum absolute atomic E-state index is 11.9. The summed E-state index contributed by atoms with van der Waals surface area (Å²) in [5.74, 6) is -0.958. The smallest absolute Gasteiger partial charge is 0.311 e. The van der Waals surface area contributed by atoms with Crippen LogP contribution in [0, 0.1) is 6.92 Å². The Bertz CT molecular complexity index is 468. The van der Waals surface area contributed by atoms with E-state index in [2.05, 4.69) is 10.6 Å². The van der Waals surface area contributed by atoms with E-state index in [0.29, 0.717) is 19.6 Å². The van der Waals surface area contributed by atoms with E-state index in [0.717, 1.165) is 24.2 Å². The molecule has 5 nitrogen and oxygen atoms in total. The number of carbonyl (C=O) groups excluding carboxylic acids is 2. The van der Waals surface area contributed by atoms with E-state index in [-0.39, 0.29) is 0 Å². The van der Waals surface area contributed by atoms with E-state index in [1.165, 1.54) is 0 Å². The SMILES string of the molecule is Cc1ccccc1CNC(=O)C(=O)N1CCNCC1. The number of piperazine rings is 1. The van der Waals surface area contributed by atoms with Crippen molar-refractivity contribution >= 4 is 11.8 Å². The third-order valence-corrected chi connectivity index (χ3v) is 3.30. The molecule has 0 radical (unpaired) electrons. The van der Waals surface area contributed by atoms with Crippen LogP contribution in [0.25, 0.3) is 0 Å². The van der Waals surface area contributed by atoms with Crippen molar-refractivity contribution in [1.29, 1.82) is 0 Å². The number of nitrogens with one attached hydrogen (secondary N) is 2. The third kappa shape index (κ3) is 3.54. The molecule has 1 aromatic rings. The van der Waals surface area contributed by atoms with Crippen molar-refractivity contribution in [1.82, 2.24) is 15.5 Å². The van der Waals surface area contributed by atoms with Crippen LogP contribution < -0.4 is 10.6 Å². The highest BCUT2D eigenvalue weighted by Crippen LogP contribution is 2.06. The summed E-state index contributed by atoms with van der Waals surface area (Å²) in [4.78, 5) is 25.3. The van der Waals surface area contributed by atoms with Crippen molar-refractivity contribution in [2.75, 3.05) is 26.2 Å². The van der Waals surface area contributed by atoms with Gasteiger partial charge in [0.2, 0.25) is 0 Å². The van der Waals surface area contributed by atoms with Crippen LogP contribution in [0.15, 0.2) is 24.3 Å². The van der Waals surface area contributed by atoms with E-state index in [1.54, 1.807) is 4.90 Å². The van der Waals surface area contributed by atoms with Gasteiger partial charge in [-0.15, -0.1) is 0 Å². The Morgan fingerprint density at radius 1 is 1.26 bits per heavy atom. The quantitative estimate of drug-likeness (QED) is 0.739. The molecule has 2 amide bonds. The molecule has 0 bridgehead atoms. The Balaban J connectivity index is 1.87. The Hall–Kier alpha value is -1.88. The molecule has 0 aliphatic carbocycles. The zero-order valence-corrected chi connectivity index (χ0v) is 11.1. The minimum Gasteiger partial charge on any atom is -0.344 e. The number of benzene rings is 1. The van der Waals surface area contributed by atoms with Crippen molar-refractivity contribution in [3.05, 3.63) is 35.4 Å². The Morgan fingerprint density at radius 3 is 2.63 bits per heavy atom. The highest BCUT2D eigenvalue weighted by molar-refractivity contribution is 6.35. The Morgan fingerprint density at radius 2 is 1.95 bits per heavy atom. The Kier molecular flexibility index (Phi) is 4.52. The minimum atomic E-state index is -0.523. The van der Waals surface area contributed by atoms with Crippen LogP contribution in [0.1, 0.15) is 11.1 Å². The first kappa shape index (κ1) is 13.5. The van der Waals surface area contributed by atoms with E-state index >= 15 is 0 Å². The van der Waals surface area contributed by atoms with Crippen molar-refractivity contribution < 1.29 is 9.59 Å². The maximum atomic E-state index is 11.9. The van der Waals surface area contributed by atoms with Crippen LogP contribution in [-0.2, 0) is 16.1 Å². The fourth-order valence-electron chi connectivity index (χ4n) is 2.07. The van der Waals surface area contributed by atoms with Gasteiger partial charge in [-0.2, -0.15) is 0 Å². The van der Waals surface area contributed by atoms with Gasteiger partial charge < -0.3 is 15.5 Å². The van der Waals surface area contributed by atoms with Gasteiger partial charge in [0.15, 0.2) is 0 Å². The highest BCUT2D eigenvalue weighted by Gasteiger charge is 2.22. The lowest BCUT2D eigenvalue weighted by atomic mass is 10.1. The standard InChI is InChI=1S/C14H19N3O2/c1-11-4-2-3-5-12(11)10-16-13(18)14(19)17-8-6-15-7-9-17/h2-5,15H,6-10H2,1H3,(H,16,18). The average Bonchev–Trinajstić information content (AvgIpc) is 2.46. The third-order valence-electron chi connectivity index (χ3n) is 3.30. The second-order valence-corrected chi connectivity index (χ2v) is 4.65. The fraction of sp³-hybridized carbons (Fsp3) is 0.429. The molecule has 1 aliphatic heterocycles. The predicted octanol–water partition coefficient (Wildman–Crippen LogP) is 0.0430. The molecule has 1 aliphatic rings. The van der Waals surface area contributed by atoms with Gasteiger partial charge in [-0.1, -0.05) is 24.3 Å². The van der Waals surface area contributed by atoms with Gasteiger partial charge in [-0.05, 0) is 18.1 Å². The molecule has 2 N–H and O–H groups in total. The van der Waals surface area contributed by atoms with Gasteiger partial charge >= 0.3 is 11.8 Å². The second-order valence-electron chi connectivity index (χ2n) is 4.65. The molecular weight excluding hydrogens is 242 g/mol. The van der Waals surface area contributed by atoms with Crippen LogP contribution in [0.5, 0.6) is 0 Å². The summed E-state index contributed by atoms with van der Waals surface area (Å²) in [5, 5.41) is 5.83. The lowest BCUT2D eigenvalue weighted by Crippen LogP contribution is -2.51. The van der Waals surface area contributed by atoms with Crippen molar-refractivity contribution in [2.24, 2.45) is 0 Å². The monoisotopic (exact) mass is 261 g/mol. The van der Waals surface area contributed by atoms with Crippen LogP contribution in [0.2, 0.25) is 0 Å². The largest absolute Gasteiger partial charge is 0.344 e. The molecule has 2 rings (SSSR count). The molecule has 19 heavy (non-hydrogen) atoms. The molecule has 1 aromatic carbocycles. The number of hydrogen-bond acceptors (Lipinski definition) is 3. The lowest BCUT2D eigenvalue weighted by molar-refractivity contribution is -0.146. The van der Waals surface area contributed by atoms with Crippen molar-refractivity contribution in [3.8, 4) is 0 Å². The molecule has 0 unspecified atom stereocenters. The highest BCUT2D eigenvalue weighted by atomic mass is 16.2. The van der Waals surface area contributed by atoms with Gasteiger partial charge in [0.05, 0.1) is 0 Å². The summed E-state index contributed by atoms with van der Waals surface area (Å²) in [6.07, 6.45) is 0. The fourth-order valence-corrected chi connectivity index (χ4v) is 2.07.